The highest BCUT2D eigenvalue weighted by molar-refractivity contribution is 14.0. The molecule has 0 fully saturated rings. The molecule has 0 bridgehead atoms. The fraction of sp³-hybridized carbons (Fsp3) is 0.438. The maximum Gasteiger partial charge on any atom is 0.191 e. The van der Waals surface area contributed by atoms with E-state index in [2.05, 4.69) is 43.0 Å². The van der Waals surface area contributed by atoms with Crippen LogP contribution < -0.4 is 15.4 Å². The molecule has 0 radical (unpaired) electrons. The molecule has 0 aliphatic carbocycles. The maximum absolute atomic E-state index is 5.63. The average molecular weight is 403 g/mol. The fourth-order valence-electron chi connectivity index (χ4n) is 1.68. The Hall–Kier alpha value is -1.24. The van der Waals surface area contributed by atoms with Crippen LogP contribution in [0.5, 0.6) is 5.75 Å². The number of aliphatic imine (C=N–C) groups is 1. The molecule has 1 aromatic carbocycles. The molecule has 21 heavy (non-hydrogen) atoms. The molecule has 0 saturated carbocycles. The molecule has 0 aliphatic heterocycles. The van der Waals surface area contributed by atoms with Crippen molar-refractivity contribution in [2.45, 2.75) is 33.4 Å². The first-order valence-corrected chi connectivity index (χ1v) is 7.03. The van der Waals surface area contributed by atoms with Gasteiger partial charge in [0.15, 0.2) is 5.96 Å². The molecule has 0 spiro atoms. The third-order valence-corrected chi connectivity index (χ3v) is 2.51. The van der Waals surface area contributed by atoms with Crippen LogP contribution in [0.3, 0.4) is 0 Å². The smallest absolute Gasteiger partial charge is 0.191 e. The highest BCUT2D eigenvalue weighted by atomic mass is 127. The second-order valence-corrected chi connectivity index (χ2v) is 4.70. The Bertz CT molecular complexity index is 447. The molecule has 118 valence electrons. The van der Waals surface area contributed by atoms with Crippen molar-refractivity contribution in [1.82, 2.24) is 10.6 Å². The summed E-state index contributed by atoms with van der Waals surface area (Å²) in [6.45, 7) is 11.8. The monoisotopic (exact) mass is 403 g/mol. The summed E-state index contributed by atoms with van der Waals surface area (Å²) < 4.78 is 5.63. The Morgan fingerprint density at radius 3 is 2.71 bits per heavy atom. The minimum Gasteiger partial charge on any atom is -0.489 e. The van der Waals surface area contributed by atoms with E-state index in [1.165, 1.54) is 0 Å². The Morgan fingerprint density at radius 1 is 1.38 bits per heavy atom. The number of benzene rings is 1. The van der Waals surface area contributed by atoms with Crippen molar-refractivity contribution in [1.29, 1.82) is 0 Å². The number of guanidine groups is 1. The SMILES string of the molecule is C=CCOc1ccccc1CN=C(NCC)NC(C)C.I. The number of nitrogens with one attached hydrogen (secondary N) is 2. The molecule has 0 amide bonds. The number of rotatable bonds is 7. The zero-order valence-electron chi connectivity index (χ0n) is 13.1. The lowest BCUT2D eigenvalue weighted by Crippen LogP contribution is -2.41. The molecule has 0 unspecified atom stereocenters. The molecular formula is C16H26IN3O. The van der Waals surface area contributed by atoms with Crippen molar-refractivity contribution in [2.75, 3.05) is 13.2 Å². The van der Waals surface area contributed by atoms with Crippen LogP contribution in [-0.2, 0) is 6.54 Å². The van der Waals surface area contributed by atoms with Gasteiger partial charge in [-0.1, -0.05) is 30.9 Å². The zero-order valence-corrected chi connectivity index (χ0v) is 15.4. The number of nitrogens with zero attached hydrogens (tertiary/aromatic N) is 1. The van der Waals surface area contributed by atoms with Gasteiger partial charge in [0, 0.05) is 18.2 Å². The van der Waals surface area contributed by atoms with E-state index in [4.69, 9.17) is 4.74 Å². The van der Waals surface area contributed by atoms with Gasteiger partial charge in [-0.15, -0.1) is 24.0 Å². The summed E-state index contributed by atoms with van der Waals surface area (Å²) in [7, 11) is 0. The van der Waals surface area contributed by atoms with Crippen LogP contribution in [0.25, 0.3) is 0 Å². The summed E-state index contributed by atoms with van der Waals surface area (Å²) in [4.78, 5) is 4.58. The van der Waals surface area contributed by atoms with E-state index in [0.717, 1.165) is 23.8 Å². The van der Waals surface area contributed by atoms with E-state index < -0.39 is 0 Å². The largest absolute Gasteiger partial charge is 0.489 e. The van der Waals surface area contributed by atoms with Gasteiger partial charge >= 0.3 is 0 Å². The molecule has 5 heteroatoms. The standard InChI is InChI=1S/C16H25N3O.HI/c1-5-11-20-15-10-8-7-9-14(15)12-18-16(17-6-2)19-13(3)4;/h5,7-10,13H,1,6,11-12H2,2-4H3,(H2,17,18,19);1H. The third-order valence-electron chi connectivity index (χ3n) is 2.51. The summed E-state index contributed by atoms with van der Waals surface area (Å²) in [5, 5.41) is 6.52. The van der Waals surface area contributed by atoms with Crippen LogP contribution in [0, 0.1) is 0 Å². The molecule has 1 rings (SSSR count). The summed E-state index contributed by atoms with van der Waals surface area (Å²) in [6.07, 6.45) is 1.74. The van der Waals surface area contributed by atoms with E-state index in [1.54, 1.807) is 6.08 Å². The molecule has 1 aromatic rings. The van der Waals surface area contributed by atoms with Crippen molar-refractivity contribution < 1.29 is 4.74 Å². The molecule has 0 saturated heterocycles. The van der Waals surface area contributed by atoms with E-state index in [0.29, 0.717) is 19.2 Å². The van der Waals surface area contributed by atoms with Gasteiger partial charge in [0.25, 0.3) is 0 Å². The van der Waals surface area contributed by atoms with E-state index in [-0.39, 0.29) is 24.0 Å². The number of hydrogen-bond acceptors (Lipinski definition) is 2. The van der Waals surface area contributed by atoms with Gasteiger partial charge in [-0.2, -0.15) is 0 Å². The number of ether oxygens (including phenoxy) is 1. The van der Waals surface area contributed by atoms with Gasteiger partial charge in [-0.25, -0.2) is 4.99 Å². The molecule has 4 nitrogen and oxygen atoms in total. The quantitative estimate of drug-likeness (QED) is 0.318. The molecule has 0 aromatic heterocycles. The predicted molar refractivity (Wildman–Crippen MR) is 101 cm³/mol. The minimum absolute atomic E-state index is 0. The number of para-hydroxylation sites is 1. The Kier molecular flexibility index (Phi) is 10.7. The van der Waals surface area contributed by atoms with Crippen molar-refractivity contribution >= 4 is 29.9 Å². The average Bonchev–Trinajstić information content (AvgIpc) is 2.43. The molecule has 0 heterocycles. The lowest BCUT2D eigenvalue weighted by Gasteiger charge is -2.14. The van der Waals surface area contributed by atoms with Gasteiger partial charge in [-0.05, 0) is 26.8 Å². The van der Waals surface area contributed by atoms with Gasteiger partial charge < -0.3 is 15.4 Å². The van der Waals surface area contributed by atoms with Crippen molar-refractivity contribution in [3.05, 3.63) is 42.5 Å². The lowest BCUT2D eigenvalue weighted by atomic mass is 10.2. The van der Waals surface area contributed by atoms with Crippen molar-refractivity contribution in [3.63, 3.8) is 0 Å². The lowest BCUT2D eigenvalue weighted by molar-refractivity contribution is 0.359. The van der Waals surface area contributed by atoms with Crippen molar-refractivity contribution in [2.24, 2.45) is 4.99 Å². The van der Waals surface area contributed by atoms with Crippen LogP contribution >= 0.6 is 24.0 Å². The van der Waals surface area contributed by atoms with Crippen molar-refractivity contribution in [3.8, 4) is 5.75 Å². The van der Waals surface area contributed by atoms with E-state index in [9.17, 15) is 0 Å². The molecular weight excluding hydrogens is 377 g/mol. The topological polar surface area (TPSA) is 45.6 Å². The minimum atomic E-state index is 0. The normalized spacial score (nSPS) is 10.8. The van der Waals surface area contributed by atoms with E-state index in [1.807, 2.05) is 24.3 Å². The van der Waals surface area contributed by atoms with Crippen LogP contribution in [0.2, 0.25) is 0 Å². The molecule has 2 N–H and O–H groups in total. The summed E-state index contributed by atoms with van der Waals surface area (Å²) >= 11 is 0. The second-order valence-electron chi connectivity index (χ2n) is 4.70. The third kappa shape index (κ3) is 7.94. The molecule has 0 aliphatic rings. The van der Waals surface area contributed by atoms with Crippen LogP contribution in [0.15, 0.2) is 41.9 Å². The highest BCUT2D eigenvalue weighted by Gasteiger charge is 2.03. The van der Waals surface area contributed by atoms with Crippen LogP contribution in [0.4, 0.5) is 0 Å². The van der Waals surface area contributed by atoms with Crippen LogP contribution in [0.1, 0.15) is 26.3 Å². The zero-order chi connectivity index (χ0) is 14.8. The fourth-order valence-corrected chi connectivity index (χ4v) is 1.68. The van der Waals surface area contributed by atoms with Crippen LogP contribution in [-0.4, -0.2) is 25.2 Å². The summed E-state index contributed by atoms with van der Waals surface area (Å²) in [5.74, 6) is 1.68. The Balaban J connectivity index is 0.00000400. The van der Waals surface area contributed by atoms with Gasteiger partial charge in [-0.3, -0.25) is 0 Å². The van der Waals surface area contributed by atoms with Gasteiger partial charge in [0.1, 0.15) is 12.4 Å². The Morgan fingerprint density at radius 2 is 2.10 bits per heavy atom. The number of hydrogen-bond donors (Lipinski definition) is 2. The first kappa shape index (κ1) is 19.8. The number of halogens is 1. The Labute approximate surface area is 145 Å². The molecule has 0 atom stereocenters. The second kappa shape index (κ2) is 11.4. The first-order chi connectivity index (χ1) is 9.67. The van der Waals surface area contributed by atoms with Gasteiger partial charge in [0.05, 0.1) is 6.54 Å². The summed E-state index contributed by atoms with van der Waals surface area (Å²) in [5.41, 5.74) is 1.07. The van der Waals surface area contributed by atoms with Gasteiger partial charge in [0.2, 0.25) is 0 Å². The highest BCUT2D eigenvalue weighted by Crippen LogP contribution is 2.18. The summed E-state index contributed by atoms with van der Waals surface area (Å²) in [6, 6.07) is 8.29. The maximum atomic E-state index is 5.63. The predicted octanol–water partition coefficient (Wildman–Crippen LogP) is 3.33. The van der Waals surface area contributed by atoms with E-state index >= 15 is 0 Å². The first-order valence-electron chi connectivity index (χ1n) is 7.03.